The molecule has 17 heavy (non-hydrogen) atoms. The fraction of sp³-hybridized carbons (Fsp3) is 0. The van der Waals surface area contributed by atoms with E-state index in [-0.39, 0.29) is 5.75 Å². The van der Waals surface area contributed by atoms with E-state index in [9.17, 15) is 5.11 Å². The highest BCUT2D eigenvalue weighted by atomic mass is 35.5. The Hall–Kier alpha value is -0.540. The number of hydrogen-bond donors (Lipinski definition) is 1. The molecule has 88 valence electrons. The second-order valence-corrected chi connectivity index (χ2v) is 5.63. The van der Waals surface area contributed by atoms with E-state index in [4.69, 9.17) is 34.8 Å². The summed E-state index contributed by atoms with van der Waals surface area (Å²) in [7, 11) is 0. The van der Waals surface area contributed by atoms with Crippen LogP contribution in [0.1, 0.15) is 0 Å². The summed E-state index contributed by atoms with van der Waals surface area (Å²) in [5.74, 6) is 0.231. The van der Waals surface area contributed by atoms with Crippen molar-refractivity contribution in [2.75, 3.05) is 0 Å². The van der Waals surface area contributed by atoms with Crippen LogP contribution in [0.15, 0.2) is 46.2 Å². The SMILES string of the molecule is Oc1ccc(Sc2cc(Cl)c(Cl)cc2Cl)cc1. The van der Waals surface area contributed by atoms with Gasteiger partial charge in [-0.2, -0.15) is 0 Å². The van der Waals surface area contributed by atoms with Crippen molar-refractivity contribution < 1.29 is 5.11 Å². The molecule has 0 atom stereocenters. The van der Waals surface area contributed by atoms with Crippen LogP contribution in [0, 0.1) is 0 Å². The maximum atomic E-state index is 9.18. The van der Waals surface area contributed by atoms with Crippen molar-refractivity contribution in [2.45, 2.75) is 9.79 Å². The third kappa shape index (κ3) is 3.23. The van der Waals surface area contributed by atoms with Gasteiger partial charge in [0.05, 0.1) is 15.1 Å². The van der Waals surface area contributed by atoms with Crippen molar-refractivity contribution in [3.8, 4) is 5.75 Å². The van der Waals surface area contributed by atoms with Crippen molar-refractivity contribution in [2.24, 2.45) is 0 Å². The molecule has 0 fully saturated rings. The summed E-state index contributed by atoms with van der Waals surface area (Å²) in [6.07, 6.45) is 0. The summed E-state index contributed by atoms with van der Waals surface area (Å²) in [5.41, 5.74) is 0. The van der Waals surface area contributed by atoms with Gasteiger partial charge in [0.1, 0.15) is 5.75 Å². The monoisotopic (exact) mass is 304 g/mol. The van der Waals surface area contributed by atoms with Gasteiger partial charge in [0.15, 0.2) is 0 Å². The number of phenols is 1. The minimum atomic E-state index is 0.231. The first-order valence-electron chi connectivity index (χ1n) is 4.67. The molecule has 0 unspecified atom stereocenters. The van der Waals surface area contributed by atoms with Crippen molar-refractivity contribution in [1.82, 2.24) is 0 Å². The fourth-order valence-corrected chi connectivity index (χ4v) is 2.81. The van der Waals surface area contributed by atoms with Gasteiger partial charge in [-0.1, -0.05) is 46.6 Å². The maximum Gasteiger partial charge on any atom is 0.115 e. The molecule has 0 radical (unpaired) electrons. The lowest BCUT2D eigenvalue weighted by molar-refractivity contribution is 0.475. The van der Waals surface area contributed by atoms with Gasteiger partial charge in [-0.3, -0.25) is 0 Å². The average molecular weight is 306 g/mol. The lowest BCUT2D eigenvalue weighted by atomic mass is 10.3. The molecular formula is C12H7Cl3OS. The Kier molecular flexibility index (Phi) is 4.10. The van der Waals surface area contributed by atoms with Crippen LogP contribution in [0.5, 0.6) is 5.75 Å². The van der Waals surface area contributed by atoms with Crippen LogP contribution < -0.4 is 0 Å². The molecule has 0 bridgehead atoms. The molecule has 2 aromatic rings. The van der Waals surface area contributed by atoms with E-state index in [1.165, 1.54) is 11.8 Å². The lowest BCUT2D eigenvalue weighted by Crippen LogP contribution is -1.78. The summed E-state index contributed by atoms with van der Waals surface area (Å²) in [4.78, 5) is 1.79. The van der Waals surface area contributed by atoms with Crippen LogP contribution in [-0.4, -0.2) is 5.11 Å². The van der Waals surface area contributed by atoms with E-state index < -0.39 is 0 Å². The normalized spacial score (nSPS) is 10.5. The lowest BCUT2D eigenvalue weighted by Gasteiger charge is -2.06. The minimum absolute atomic E-state index is 0.231. The number of halogens is 3. The number of benzene rings is 2. The standard InChI is InChI=1S/C12H7Cl3OS/c13-9-5-11(15)12(6-10(9)14)17-8-3-1-7(16)2-4-8/h1-6,16H. The van der Waals surface area contributed by atoms with E-state index >= 15 is 0 Å². The first kappa shape index (κ1) is 12.9. The van der Waals surface area contributed by atoms with E-state index in [2.05, 4.69) is 0 Å². The molecule has 1 nitrogen and oxygen atoms in total. The molecule has 0 saturated carbocycles. The van der Waals surface area contributed by atoms with Crippen LogP contribution in [0.4, 0.5) is 0 Å². The van der Waals surface area contributed by atoms with Crippen molar-refractivity contribution in [3.05, 3.63) is 51.5 Å². The highest BCUT2D eigenvalue weighted by molar-refractivity contribution is 7.99. The first-order valence-corrected chi connectivity index (χ1v) is 6.63. The van der Waals surface area contributed by atoms with E-state index in [1.807, 2.05) is 0 Å². The van der Waals surface area contributed by atoms with E-state index in [1.54, 1.807) is 36.4 Å². The van der Waals surface area contributed by atoms with Gasteiger partial charge in [-0.15, -0.1) is 0 Å². The topological polar surface area (TPSA) is 20.2 Å². The van der Waals surface area contributed by atoms with Gasteiger partial charge in [-0.25, -0.2) is 0 Å². The first-order chi connectivity index (χ1) is 8.06. The summed E-state index contributed by atoms with van der Waals surface area (Å²) in [5, 5.41) is 10.6. The van der Waals surface area contributed by atoms with Crippen LogP contribution in [-0.2, 0) is 0 Å². The molecule has 0 aliphatic carbocycles. The van der Waals surface area contributed by atoms with Crippen molar-refractivity contribution in [1.29, 1.82) is 0 Å². The Balaban J connectivity index is 2.30. The predicted octanol–water partition coefficient (Wildman–Crippen LogP) is 5.50. The van der Waals surface area contributed by atoms with Crippen molar-refractivity contribution >= 4 is 46.6 Å². The highest BCUT2D eigenvalue weighted by Gasteiger charge is 2.07. The number of aromatic hydroxyl groups is 1. The Labute approximate surface area is 118 Å². The summed E-state index contributed by atoms with van der Waals surface area (Å²) < 4.78 is 0. The Morgan fingerprint density at radius 2 is 1.41 bits per heavy atom. The molecule has 0 aliphatic rings. The molecule has 0 amide bonds. The molecule has 2 aromatic carbocycles. The van der Waals surface area contributed by atoms with Gasteiger partial charge in [-0.05, 0) is 36.4 Å². The molecule has 1 N–H and O–H groups in total. The van der Waals surface area contributed by atoms with E-state index in [0.717, 1.165) is 9.79 Å². The van der Waals surface area contributed by atoms with Gasteiger partial charge in [0.25, 0.3) is 0 Å². The second-order valence-electron chi connectivity index (χ2n) is 3.29. The van der Waals surface area contributed by atoms with Gasteiger partial charge >= 0.3 is 0 Å². The summed E-state index contributed by atoms with van der Waals surface area (Å²) in [6, 6.07) is 10.2. The quantitative estimate of drug-likeness (QED) is 0.739. The predicted molar refractivity (Wildman–Crippen MR) is 73.7 cm³/mol. The third-order valence-corrected chi connectivity index (χ3v) is 4.25. The third-order valence-electron chi connectivity index (χ3n) is 2.04. The van der Waals surface area contributed by atoms with E-state index in [0.29, 0.717) is 15.1 Å². The largest absolute Gasteiger partial charge is 0.508 e. The second kappa shape index (κ2) is 5.40. The average Bonchev–Trinajstić information content (AvgIpc) is 2.29. The number of rotatable bonds is 2. The van der Waals surface area contributed by atoms with Crippen LogP contribution in [0.3, 0.4) is 0 Å². The summed E-state index contributed by atoms with van der Waals surface area (Å²) >= 11 is 19.3. The zero-order chi connectivity index (χ0) is 12.4. The molecule has 0 heterocycles. The molecule has 0 aliphatic heterocycles. The van der Waals surface area contributed by atoms with Crippen LogP contribution in [0.25, 0.3) is 0 Å². The molecule has 5 heteroatoms. The Bertz CT molecular complexity index is 540. The minimum Gasteiger partial charge on any atom is -0.508 e. The molecular weight excluding hydrogens is 299 g/mol. The van der Waals surface area contributed by atoms with Gasteiger partial charge in [0.2, 0.25) is 0 Å². The molecule has 0 saturated heterocycles. The number of hydrogen-bond acceptors (Lipinski definition) is 2. The molecule has 0 spiro atoms. The highest BCUT2D eigenvalue weighted by Crippen LogP contribution is 2.38. The molecule has 0 aromatic heterocycles. The smallest absolute Gasteiger partial charge is 0.115 e. The van der Waals surface area contributed by atoms with Crippen LogP contribution >= 0.6 is 46.6 Å². The zero-order valence-corrected chi connectivity index (χ0v) is 11.5. The van der Waals surface area contributed by atoms with Crippen molar-refractivity contribution in [3.63, 3.8) is 0 Å². The van der Waals surface area contributed by atoms with Gasteiger partial charge < -0.3 is 5.11 Å². The summed E-state index contributed by atoms with van der Waals surface area (Å²) in [6.45, 7) is 0. The Morgan fingerprint density at radius 1 is 0.824 bits per heavy atom. The van der Waals surface area contributed by atoms with Gasteiger partial charge in [0, 0.05) is 9.79 Å². The maximum absolute atomic E-state index is 9.18. The number of phenolic OH excluding ortho intramolecular Hbond substituents is 1. The zero-order valence-electron chi connectivity index (χ0n) is 8.45. The fourth-order valence-electron chi connectivity index (χ4n) is 1.22. The van der Waals surface area contributed by atoms with Crippen LogP contribution in [0.2, 0.25) is 15.1 Å². The molecule has 2 rings (SSSR count). The Morgan fingerprint density at radius 3 is 2.06 bits per heavy atom.